The molecule has 0 fully saturated rings. The summed E-state index contributed by atoms with van der Waals surface area (Å²) < 4.78 is 49.3. The van der Waals surface area contributed by atoms with E-state index < -0.39 is 28.3 Å². The van der Waals surface area contributed by atoms with E-state index in [2.05, 4.69) is 10.0 Å². The van der Waals surface area contributed by atoms with Gasteiger partial charge in [-0.05, 0) is 36.4 Å². The van der Waals surface area contributed by atoms with Gasteiger partial charge in [0.2, 0.25) is 15.9 Å². The first-order chi connectivity index (χ1) is 11.9. The number of carbonyl (C=O) groups is 1. The molecule has 0 saturated heterocycles. The zero-order valence-electron chi connectivity index (χ0n) is 13.6. The Labute approximate surface area is 144 Å². The largest absolute Gasteiger partial charge is 0.497 e. The highest BCUT2D eigenvalue weighted by atomic mass is 32.2. The van der Waals surface area contributed by atoms with E-state index in [0.29, 0.717) is 17.2 Å². The van der Waals surface area contributed by atoms with Crippen molar-refractivity contribution in [1.82, 2.24) is 4.72 Å². The van der Waals surface area contributed by atoms with Crippen LogP contribution in [0.3, 0.4) is 0 Å². The standard InChI is InChI=1S/C16H17FN2O5S/c1-23-12-5-8-15(24-2)14(9-12)19-16(20)10-18-25(21,22)13-6-3-11(17)4-7-13/h3-9,18H,10H2,1-2H3,(H,19,20). The van der Waals surface area contributed by atoms with E-state index in [9.17, 15) is 17.6 Å². The number of halogens is 1. The fourth-order valence-corrected chi connectivity index (χ4v) is 2.95. The second-order valence-corrected chi connectivity index (χ2v) is 6.66. The van der Waals surface area contributed by atoms with Crippen molar-refractivity contribution in [3.8, 4) is 11.5 Å². The molecule has 0 bridgehead atoms. The van der Waals surface area contributed by atoms with E-state index in [-0.39, 0.29) is 4.90 Å². The Balaban J connectivity index is 2.04. The van der Waals surface area contributed by atoms with Gasteiger partial charge >= 0.3 is 0 Å². The van der Waals surface area contributed by atoms with Gasteiger partial charge in [0.25, 0.3) is 0 Å². The van der Waals surface area contributed by atoms with Crippen LogP contribution in [-0.2, 0) is 14.8 Å². The maximum absolute atomic E-state index is 12.9. The van der Waals surface area contributed by atoms with Crippen molar-refractivity contribution < 1.29 is 27.1 Å². The van der Waals surface area contributed by atoms with Crippen LogP contribution in [-0.4, -0.2) is 35.1 Å². The minimum atomic E-state index is -3.93. The fourth-order valence-electron chi connectivity index (χ4n) is 1.96. The first-order valence-corrected chi connectivity index (χ1v) is 8.61. The van der Waals surface area contributed by atoms with Crippen LogP contribution >= 0.6 is 0 Å². The molecule has 0 aliphatic rings. The van der Waals surface area contributed by atoms with Crippen LogP contribution < -0.4 is 19.5 Å². The molecule has 0 saturated carbocycles. The predicted octanol–water partition coefficient (Wildman–Crippen LogP) is 1.76. The second-order valence-electron chi connectivity index (χ2n) is 4.89. The number of hydrogen-bond donors (Lipinski definition) is 2. The number of rotatable bonds is 7. The van der Waals surface area contributed by atoms with Crippen LogP contribution in [0, 0.1) is 5.82 Å². The van der Waals surface area contributed by atoms with E-state index >= 15 is 0 Å². The minimum absolute atomic E-state index is 0.138. The Morgan fingerprint density at radius 3 is 2.36 bits per heavy atom. The van der Waals surface area contributed by atoms with Gasteiger partial charge in [0.05, 0.1) is 31.3 Å². The number of amides is 1. The van der Waals surface area contributed by atoms with Crippen molar-refractivity contribution in [3.05, 3.63) is 48.3 Å². The molecular formula is C16H17FN2O5S. The van der Waals surface area contributed by atoms with Gasteiger partial charge in [0.15, 0.2) is 0 Å². The van der Waals surface area contributed by atoms with Crippen molar-refractivity contribution >= 4 is 21.6 Å². The zero-order valence-corrected chi connectivity index (χ0v) is 14.4. The molecule has 2 rings (SSSR count). The van der Waals surface area contributed by atoms with Crippen LogP contribution in [0.4, 0.5) is 10.1 Å². The maximum atomic E-state index is 12.9. The topological polar surface area (TPSA) is 93.7 Å². The lowest BCUT2D eigenvalue weighted by atomic mass is 10.2. The van der Waals surface area contributed by atoms with Gasteiger partial charge in [-0.3, -0.25) is 4.79 Å². The number of carbonyl (C=O) groups excluding carboxylic acids is 1. The van der Waals surface area contributed by atoms with Crippen LogP contribution in [0.1, 0.15) is 0 Å². The van der Waals surface area contributed by atoms with Crippen molar-refractivity contribution in [2.75, 3.05) is 26.1 Å². The Hall–Kier alpha value is -2.65. The third-order valence-corrected chi connectivity index (χ3v) is 4.64. The van der Waals surface area contributed by atoms with Gasteiger partial charge in [-0.2, -0.15) is 0 Å². The van der Waals surface area contributed by atoms with Crippen LogP contribution in [0.25, 0.3) is 0 Å². The summed E-state index contributed by atoms with van der Waals surface area (Å²) in [4.78, 5) is 11.9. The second kappa shape index (κ2) is 7.95. The van der Waals surface area contributed by atoms with Crippen molar-refractivity contribution in [2.24, 2.45) is 0 Å². The van der Waals surface area contributed by atoms with E-state index in [1.807, 2.05) is 0 Å². The normalized spacial score (nSPS) is 11.0. The molecule has 0 aromatic heterocycles. The van der Waals surface area contributed by atoms with Gasteiger partial charge < -0.3 is 14.8 Å². The molecule has 0 heterocycles. The molecule has 2 aromatic carbocycles. The molecule has 0 aliphatic carbocycles. The molecular weight excluding hydrogens is 351 g/mol. The average Bonchev–Trinajstić information content (AvgIpc) is 2.60. The van der Waals surface area contributed by atoms with Crippen LogP contribution in [0.15, 0.2) is 47.4 Å². The van der Waals surface area contributed by atoms with Gasteiger partial charge in [-0.15, -0.1) is 0 Å². The molecule has 2 N–H and O–H groups in total. The highest BCUT2D eigenvalue weighted by Gasteiger charge is 2.16. The number of ether oxygens (including phenoxy) is 2. The monoisotopic (exact) mass is 368 g/mol. The van der Waals surface area contributed by atoms with Crippen LogP contribution in [0.5, 0.6) is 11.5 Å². The van der Waals surface area contributed by atoms with Gasteiger partial charge in [0, 0.05) is 6.07 Å². The predicted molar refractivity (Wildman–Crippen MR) is 89.8 cm³/mol. The Morgan fingerprint density at radius 2 is 1.76 bits per heavy atom. The van der Waals surface area contributed by atoms with Crippen molar-refractivity contribution in [2.45, 2.75) is 4.90 Å². The van der Waals surface area contributed by atoms with E-state index in [1.165, 1.54) is 14.2 Å². The Morgan fingerprint density at radius 1 is 1.08 bits per heavy atom. The number of anilines is 1. The smallest absolute Gasteiger partial charge is 0.241 e. The highest BCUT2D eigenvalue weighted by molar-refractivity contribution is 7.89. The molecule has 0 radical (unpaired) electrons. The molecule has 0 atom stereocenters. The summed E-state index contributed by atoms with van der Waals surface area (Å²) >= 11 is 0. The van der Waals surface area contributed by atoms with Crippen molar-refractivity contribution in [3.63, 3.8) is 0 Å². The summed E-state index contributed by atoms with van der Waals surface area (Å²) in [6.07, 6.45) is 0. The molecule has 0 aliphatic heterocycles. The van der Waals surface area contributed by atoms with E-state index in [1.54, 1.807) is 18.2 Å². The van der Waals surface area contributed by atoms with Crippen LogP contribution in [0.2, 0.25) is 0 Å². The summed E-state index contributed by atoms with van der Waals surface area (Å²) in [5.41, 5.74) is 0.341. The lowest BCUT2D eigenvalue weighted by molar-refractivity contribution is -0.115. The third kappa shape index (κ3) is 4.91. The molecule has 0 unspecified atom stereocenters. The molecule has 2 aromatic rings. The highest BCUT2D eigenvalue weighted by Crippen LogP contribution is 2.28. The molecule has 0 spiro atoms. The number of nitrogens with one attached hydrogen (secondary N) is 2. The lowest BCUT2D eigenvalue weighted by Crippen LogP contribution is -2.33. The first-order valence-electron chi connectivity index (χ1n) is 7.13. The zero-order chi connectivity index (χ0) is 18.4. The van der Waals surface area contributed by atoms with Gasteiger partial charge in [-0.25, -0.2) is 17.5 Å². The number of benzene rings is 2. The summed E-state index contributed by atoms with van der Waals surface area (Å²) in [5, 5.41) is 2.54. The average molecular weight is 368 g/mol. The molecule has 134 valence electrons. The minimum Gasteiger partial charge on any atom is -0.497 e. The fraction of sp³-hybridized carbons (Fsp3) is 0.188. The number of sulfonamides is 1. The first kappa shape index (κ1) is 18.7. The SMILES string of the molecule is COc1ccc(OC)c(NC(=O)CNS(=O)(=O)c2ccc(F)cc2)c1. The molecule has 7 nitrogen and oxygen atoms in total. The number of hydrogen-bond acceptors (Lipinski definition) is 5. The third-order valence-electron chi connectivity index (χ3n) is 3.23. The van der Waals surface area contributed by atoms with Gasteiger partial charge in [0.1, 0.15) is 17.3 Å². The van der Waals surface area contributed by atoms with Crippen molar-refractivity contribution in [1.29, 1.82) is 0 Å². The lowest BCUT2D eigenvalue weighted by Gasteiger charge is -2.12. The Bertz CT molecular complexity index is 853. The maximum Gasteiger partial charge on any atom is 0.241 e. The molecule has 1 amide bonds. The Kier molecular flexibility index (Phi) is 5.94. The summed E-state index contributed by atoms with van der Waals surface area (Å²) in [5.74, 6) is -0.252. The van der Waals surface area contributed by atoms with E-state index in [4.69, 9.17) is 9.47 Å². The summed E-state index contributed by atoms with van der Waals surface area (Å²) in [6.45, 7) is -0.500. The molecule has 25 heavy (non-hydrogen) atoms. The number of methoxy groups -OCH3 is 2. The molecule has 9 heteroatoms. The summed E-state index contributed by atoms with van der Waals surface area (Å²) in [6, 6.07) is 9.08. The van der Waals surface area contributed by atoms with Gasteiger partial charge in [-0.1, -0.05) is 0 Å². The van der Waals surface area contributed by atoms with E-state index in [0.717, 1.165) is 24.3 Å². The quantitative estimate of drug-likeness (QED) is 0.777. The summed E-state index contributed by atoms with van der Waals surface area (Å²) in [7, 11) is -1.01.